The summed E-state index contributed by atoms with van der Waals surface area (Å²) in [5.41, 5.74) is 2.01. The van der Waals surface area contributed by atoms with E-state index in [1.807, 2.05) is 12.1 Å². The highest BCUT2D eigenvalue weighted by Gasteiger charge is 2.09. The van der Waals surface area contributed by atoms with Crippen LogP contribution in [0.3, 0.4) is 0 Å². The lowest BCUT2D eigenvalue weighted by molar-refractivity contribution is 0.0667. The van der Waals surface area contributed by atoms with Crippen molar-refractivity contribution in [1.82, 2.24) is 9.55 Å². The molecule has 1 heterocycles. The maximum absolute atomic E-state index is 10.8. The Morgan fingerprint density at radius 3 is 1.06 bits per heavy atom. The topological polar surface area (TPSA) is 383 Å². The highest BCUT2D eigenvalue weighted by Crippen LogP contribution is 2.24. The third kappa shape index (κ3) is 79.3. The molecule has 28 heteroatoms. The number of nitrogens with zero attached hydrogens (tertiary/aromatic N) is 2. The van der Waals surface area contributed by atoms with E-state index in [2.05, 4.69) is 162 Å². The van der Waals surface area contributed by atoms with Crippen LogP contribution in [0.2, 0.25) is 0 Å². The van der Waals surface area contributed by atoms with Crippen molar-refractivity contribution in [3.05, 3.63) is 75.5 Å². The Hall–Kier alpha value is 0.170. The molecule has 0 radical (unpaired) electrons. The summed E-state index contributed by atoms with van der Waals surface area (Å²) in [6.45, 7) is 0.378. The summed E-state index contributed by atoms with van der Waals surface area (Å²) in [7, 11) is 16.6. The van der Waals surface area contributed by atoms with Crippen molar-refractivity contribution in [3.63, 3.8) is 0 Å². The summed E-state index contributed by atoms with van der Waals surface area (Å²) in [5, 5.41) is 107. The smallest absolute Gasteiger partial charge is 0.452 e. The average molecular weight is 1620 g/mol. The molecule has 0 unspecified atom stereocenters. The summed E-state index contributed by atoms with van der Waals surface area (Å²) < 4.78 is 21.9. The highest BCUT2D eigenvalue weighted by molar-refractivity contribution is 14.1. The zero-order valence-corrected chi connectivity index (χ0v) is 51.3. The van der Waals surface area contributed by atoms with E-state index in [0.29, 0.717) is 0 Å². The number of aliphatic hydroxyl groups is 15. The lowest BCUT2D eigenvalue weighted by Gasteiger charge is -2.07. The minimum Gasteiger partial charge on any atom is -0.452 e. The molecule has 0 aliphatic heterocycles. The second-order valence-electron chi connectivity index (χ2n) is 6.06. The monoisotopic (exact) mass is 1620 g/mol. The molecule has 15 N–H and O–H groups in total. The molecule has 0 saturated carbocycles. The van der Waals surface area contributed by atoms with Gasteiger partial charge in [-0.3, -0.25) is 0 Å². The summed E-state index contributed by atoms with van der Waals surface area (Å²) in [4.78, 5) is 25.0. The average Bonchev–Trinajstić information content (AvgIpc) is 3.95. The Bertz CT molecular complexity index is 1170. The number of aromatic nitrogens is 2. The summed E-state index contributed by atoms with van der Waals surface area (Å²) in [6, 6.07) is 8.17. The molecule has 0 aliphatic carbocycles. The van der Waals surface area contributed by atoms with Gasteiger partial charge in [0.25, 0.3) is 0 Å². The van der Waals surface area contributed by atoms with Gasteiger partial charge in [0.15, 0.2) is 0 Å². The number of carbonyl (C=O) groups is 2. The number of halogens is 6. The van der Waals surface area contributed by atoms with E-state index in [0.717, 1.165) is 125 Å². The van der Waals surface area contributed by atoms with E-state index >= 15 is 0 Å². The third-order valence-electron chi connectivity index (χ3n) is 3.71. The maximum Gasteiger partial charge on any atom is 0.508 e. The lowest BCUT2D eigenvalue weighted by Crippen LogP contribution is -2.07. The molecule has 1 aromatic heterocycles. The van der Waals surface area contributed by atoms with Crippen molar-refractivity contribution >= 4 is 148 Å². The van der Waals surface area contributed by atoms with Crippen LogP contribution in [0, 0.1) is 21.4 Å². The largest absolute Gasteiger partial charge is 0.508 e. The Labute approximate surface area is 462 Å². The van der Waals surface area contributed by atoms with Crippen LogP contribution in [0.1, 0.15) is 18.6 Å². The van der Waals surface area contributed by atoms with Gasteiger partial charge in [0.05, 0.1) is 20.8 Å². The number of ether oxygens (including phenoxy) is 3. The fourth-order valence-electron chi connectivity index (χ4n) is 2.11. The van der Waals surface area contributed by atoms with E-state index in [1.165, 1.54) is 44.6 Å². The molecular weight excluding hydrogens is 1540 g/mol. The highest BCUT2D eigenvalue weighted by atomic mass is 127. The van der Waals surface area contributed by atoms with Crippen molar-refractivity contribution in [2.45, 2.75) is 20.6 Å². The van der Waals surface area contributed by atoms with E-state index in [-0.39, 0.29) is 20.6 Å². The SMILES string of the molecule is C.CO.CO.CO.CO.CO.CO.CO.CO.CO.CO.CO.CO.CO.CO.COC(=O)OCc1cc(I)cc(I)c1I.COC(=O)n1ccnc1.OCc1cc(I)cc(I)c1I. The molecule has 3 rings (SSSR count). The molecule has 0 atom stereocenters. The molecule has 0 spiro atoms. The van der Waals surface area contributed by atoms with Crippen molar-refractivity contribution in [1.29, 1.82) is 0 Å². The third-order valence-corrected chi connectivity index (χ3v) is 11.3. The van der Waals surface area contributed by atoms with Crippen LogP contribution in [-0.2, 0) is 27.4 Å². The van der Waals surface area contributed by atoms with Crippen molar-refractivity contribution in [2.75, 3.05) is 114 Å². The van der Waals surface area contributed by atoms with Crippen LogP contribution < -0.4 is 0 Å². The summed E-state index contributed by atoms with van der Waals surface area (Å²) in [6.07, 6.45) is 3.33. The quantitative estimate of drug-likeness (QED) is 0.102. The lowest BCUT2D eigenvalue weighted by atomic mass is 10.2. The molecule has 394 valence electrons. The van der Waals surface area contributed by atoms with E-state index in [9.17, 15) is 9.59 Å². The van der Waals surface area contributed by atoms with Crippen molar-refractivity contribution < 1.29 is 100 Å². The molecule has 0 amide bonds. The van der Waals surface area contributed by atoms with Gasteiger partial charge in [-0.15, -0.1) is 0 Å². The maximum atomic E-state index is 10.8. The number of imidazole rings is 1. The van der Waals surface area contributed by atoms with E-state index in [1.54, 1.807) is 0 Å². The number of hydrogen-bond acceptors (Lipinski definition) is 21. The fraction of sp³-hybridized carbons (Fsp3) is 0.528. The molecule has 0 bridgehead atoms. The molecule has 0 aliphatic rings. The van der Waals surface area contributed by atoms with Gasteiger partial charge in [-0.05, 0) is 165 Å². The summed E-state index contributed by atoms with van der Waals surface area (Å²) in [5.74, 6) is 0. The molecule has 0 fully saturated rings. The summed E-state index contributed by atoms with van der Waals surface area (Å²) >= 11 is 13.5. The molecule has 0 saturated heterocycles. The Kier molecular flexibility index (Phi) is 190. The number of methoxy groups -OCH3 is 2. The Morgan fingerprint density at radius 1 is 0.516 bits per heavy atom. The van der Waals surface area contributed by atoms with Crippen LogP contribution in [-0.4, -0.2) is 212 Å². The molecule has 22 nitrogen and oxygen atoms in total. The van der Waals surface area contributed by atoms with E-state index in [4.69, 9.17) is 81.3 Å². The second-order valence-corrected chi connectivity index (χ2v) is 13.0. The Morgan fingerprint density at radius 2 is 0.812 bits per heavy atom. The van der Waals surface area contributed by atoms with Crippen molar-refractivity contribution in [3.8, 4) is 0 Å². The zero-order valence-electron chi connectivity index (χ0n) is 38.4. The van der Waals surface area contributed by atoms with Crippen LogP contribution >= 0.6 is 136 Å². The standard InChI is InChI=1S/C9H7I3O3.C7H5I3O.C5H6N2O2.14CH4O.CH4/c1-14-9(13)15-4-5-2-6(10)3-7(11)8(5)12;8-5-1-4(3-11)7(10)6(9)2-5;1-9-5(8)7-3-2-6-4-7;14*1-2;/h2-3H,4H2,1H3;1-2,11H,3H2;2-4H,1H3;14*2H,1H3;1H4. The van der Waals surface area contributed by atoms with E-state index < -0.39 is 12.2 Å². The first-order valence-electron chi connectivity index (χ1n) is 15.4. The van der Waals surface area contributed by atoms with Gasteiger partial charge in [-0.1, -0.05) is 7.43 Å². The number of benzene rings is 2. The first kappa shape index (κ1) is 106. The van der Waals surface area contributed by atoms with Gasteiger partial charge in [-0.2, -0.15) is 0 Å². The predicted molar refractivity (Wildman–Crippen MR) is 303 cm³/mol. The zero-order chi connectivity index (χ0) is 54.5. The normalized spacial score (nSPS) is 6.64. The number of hydrogen-bond donors (Lipinski definition) is 15. The van der Waals surface area contributed by atoms with Gasteiger partial charge < -0.3 is 90.8 Å². The van der Waals surface area contributed by atoms with Crippen LogP contribution in [0.5, 0.6) is 0 Å². The number of carbonyl (C=O) groups excluding carboxylic acids is 2. The molecule has 3 aromatic rings. The van der Waals surface area contributed by atoms with Gasteiger partial charge in [0.1, 0.15) is 12.9 Å². The molecular formula is C36H78I6N2O20. The Balaban J connectivity index is -0.0000000340. The van der Waals surface area contributed by atoms with Gasteiger partial charge in [0.2, 0.25) is 0 Å². The molecule has 64 heavy (non-hydrogen) atoms. The van der Waals surface area contributed by atoms with Crippen molar-refractivity contribution in [2.24, 2.45) is 0 Å². The predicted octanol–water partition coefficient (Wildman–Crippen LogP) is 2.43. The minimum atomic E-state index is -0.653. The second kappa shape index (κ2) is 115. The van der Waals surface area contributed by atoms with Gasteiger partial charge >= 0.3 is 12.2 Å². The fourth-order valence-corrected chi connectivity index (χ4v) is 6.99. The first-order valence-corrected chi connectivity index (χ1v) is 21.9. The minimum absolute atomic E-state index is 0. The van der Waals surface area contributed by atoms with Crippen LogP contribution in [0.15, 0.2) is 43.0 Å². The molecule has 2 aromatic carbocycles. The van der Waals surface area contributed by atoms with Gasteiger partial charge in [0, 0.05) is 139 Å². The number of aliphatic hydroxyl groups excluding tert-OH is 15. The van der Waals surface area contributed by atoms with Crippen LogP contribution in [0.25, 0.3) is 0 Å². The number of rotatable bonds is 3. The first-order chi connectivity index (χ1) is 30.5. The van der Waals surface area contributed by atoms with Crippen LogP contribution in [0.4, 0.5) is 9.59 Å². The van der Waals surface area contributed by atoms with Gasteiger partial charge in [-0.25, -0.2) is 19.1 Å².